The van der Waals surface area contributed by atoms with Crippen molar-refractivity contribution in [1.29, 1.82) is 0 Å². The number of aliphatic imine (C=N–C) groups is 1. The molecule has 0 fully saturated rings. The normalized spacial score (nSPS) is 10.6. The highest BCUT2D eigenvalue weighted by Crippen LogP contribution is 2.17. The van der Waals surface area contributed by atoms with Crippen LogP contribution in [0, 0.1) is 0 Å². The lowest BCUT2D eigenvalue weighted by atomic mass is 10.2. The summed E-state index contributed by atoms with van der Waals surface area (Å²) in [6.45, 7) is 4.32. The summed E-state index contributed by atoms with van der Waals surface area (Å²) in [5.74, 6) is 1.41. The highest BCUT2D eigenvalue weighted by molar-refractivity contribution is 14.0. The summed E-state index contributed by atoms with van der Waals surface area (Å²) >= 11 is 3.37. The molecule has 0 bridgehead atoms. The molecule has 0 aliphatic heterocycles. The molecule has 8 heteroatoms. The fraction of sp³-hybridized carbons (Fsp3) is 0.300. The molecule has 0 radical (unpaired) electrons. The van der Waals surface area contributed by atoms with E-state index in [9.17, 15) is 4.79 Å². The van der Waals surface area contributed by atoms with Gasteiger partial charge < -0.3 is 20.7 Å². The van der Waals surface area contributed by atoms with Crippen molar-refractivity contribution in [2.24, 2.45) is 4.99 Å². The van der Waals surface area contributed by atoms with Gasteiger partial charge in [-0.2, -0.15) is 0 Å². The van der Waals surface area contributed by atoms with Crippen molar-refractivity contribution >= 4 is 51.8 Å². The SMILES string of the molecule is CCNC(=NCc1ccccc1OC)NCCNC(=O)c1cccc(Br)c1.I. The number of hydrogen-bond donors (Lipinski definition) is 3. The molecule has 152 valence electrons. The Morgan fingerprint density at radius 1 is 1.07 bits per heavy atom. The molecule has 2 rings (SSSR count). The molecule has 3 N–H and O–H groups in total. The number of guanidine groups is 1. The summed E-state index contributed by atoms with van der Waals surface area (Å²) in [7, 11) is 1.65. The lowest BCUT2D eigenvalue weighted by Gasteiger charge is -2.12. The number of hydrogen-bond acceptors (Lipinski definition) is 3. The van der Waals surface area contributed by atoms with Crippen LogP contribution in [0.2, 0.25) is 0 Å². The van der Waals surface area contributed by atoms with Gasteiger partial charge in [0.1, 0.15) is 5.75 Å². The molecule has 0 aliphatic rings. The van der Waals surface area contributed by atoms with Crippen LogP contribution < -0.4 is 20.7 Å². The monoisotopic (exact) mass is 560 g/mol. The Morgan fingerprint density at radius 2 is 1.82 bits per heavy atom. The van der Waals surface area contributed by atoms with Crippen LogP contribution in [0.5, 0.6) is 5.75 Å². The number of halogens is 2. The van der Waals surface area contributed by atoms with E-state index < -0.39 is 0 Å². The Bertz CT molecular complexity index is 786. The maximum atomic E-state index is 12.1. The van der Waals surface area contributed by atoms with E-state index in [0.717, 1.165) is 22.3 Å². The number of nitrogens with one attached hydrogen (secondary N) is 3. The van der Waals surface area contributed by atoms with Crippen molar-refractivity contribution in [3.8, 4) is 5.75 Å². The minimum Gasteiger partial charge on any atom is -0.496 e. The van der Waals surface area contributed by atoms with Crippen molar-refractivity contribution in [2.45, 2.75) is 13.5 Å². The summed E-state index contributed by atoms with van der Waals surface area (Å²) < 4.78 is 6.23. The van der Waals surface area contributed by atoms with E-state index >= 15 is 0 Å². The third kappa shape index (κ3) is 8.05. The van der Waals surface area contributed by atoms with Crippen LogP contribution in [0.25, 0.3) is 0 Å². The zero-order valence-electron chi connectivity index (χ0n) is 16.0. The van der Waals surface area contributed by atoms with E-state index in [-0.39, 0.29) is 29.9 Å². The van der Waals surface area contributed by atoms with Gasteiger partial charge in [0.05, 0.1) is 13.7 Å². The van der Waals surface area contributed by atoms with Crippen molar-refractivity contribution in [3.05, 3.63) is 64.1 Å². The number of amides is 1. The second kappa shape index (κ2) is 13.4. The fourth-order valence-electron chi connectivity index (χ4n) is 2.43. The molecule has 0 saturated heterocycles. The number of rotatable bonds is 8. The van der Waals surface area contributed by atoms with Crippen molar-refractivity contribution in [2.75, 3.05) is 26.7 Å². The number of benzene rings is 2. The van der Waals surface area contributed by atoms with Crippen LogP contribution in [0.3, 0.4) is 0 Å². The second-order valence-electron chi connectivity index (χ2n) is 5.70. The minimum absolute atomic E-state index is 0. The number of para-hydroxylation sites is 1. The molecule has 1 amide bonds. The molecule has 0 atom stereocenters. The van der Waals surface area contributed by atoms with Crippen LogP contribution in [-0.4, -0.2) is 38.6 Å². The molecular weight excluding hydrogens is 535 g/mol. The summed E-state index contributed by atoms with van der Waals surface area (Å²) in [6, 6.07) is 15.1. The summed E-state index contributed by atoms with van der Waals surface area (Å²) in [5, 5.41) is 9.31. The van der Waals surface area contributed by atoms with Gasteiger partial charge in [-0.25, -0.2) is 4.99 Å². The number of carbonyl (C=O) groups is 1. The molecule has 0 aromatic heterocycles. The zero-order valence-corrected chi connectivity index (χ0v) is 19.9. The predicted molar refractivity (Wildman–Crippen MR) is 128 cm³/mol. The number of carbonyl (C=O) groups excluding carboxylic acids is 1. The van der Waals surface area contributed by atoms with Gasteiger partial charge in [-0.1, -0.05) is 40.2 Å². The van der Waals surface area contributed by atoms with E-state index in [2.05, 4.69) is 36.9 Å². The Kier molecular flexibility index (Phi) is 11.6. The molecule has 0 spiro atoms. The van der Waals surface area contributed by atoms with E-state index in [1.54, 1.807) is 19.2 Å². The van der Waals surface area contributed by atoms with Gasteiger partial charge in [-0.15, -0.1) is 24.0 Å². The predicted octanol–water partition coefficient (Wildman–Crippen LogP) is 3.56. The highest BCUT2D eigenvalue weighted by atomic mass is 127. The molecule has 28 heavy (non-hydrogen) atoms. The van der Waals surface area contributed by atoms with Crippen LogP contribution in [-0.2, 0) is 6.54 Å². The van der Waals surface area contributed by atoms with Crippen molar-refractivity contribution in [1.82, 2.24) is 16.0 Å². The first-order valence-electron chi connectivity index (χ1n) is 8.82. The Labute approximate surface area is 191 Å². The van der Waals surface area contributed by atoms with Gasteiger partial charge in [0.15, 0.2) is 5.96 Å². The molecule has 2 aromatic carbocycles. The maximum absolute atomic E-state index is 12.1. The molecule has 0 aliphatic carbocycles. The average Bonchev–Trinajstić information content (AvgIpc) is 2.69. The quantitative estimate of drug-likeness (QED) is 0.200. The maximum Gasteiger partial charge on any atom is 0.251 e. The minimum atomic E-state index is -0.103. The molecule has 2 aromatic rings. The van der Waals surface area contributed by atoms with Crippen LogP contribution in [0.1, 0.15) is 22.8 Å². The number of ether oxygens (including phenoxy) is 1. The summed E-state index contributed by atoms with van der Waals surface area (Å²) in [5.41, 5.74) is 1.64. The van der Waals surface area contributed by atoms with E-state index in [4.69, 9.17) is 4.74 Å². The van der Waals surface area contributed by atoms with E-state index in [1.165, 1.54) is 0 Å². The van der Waals surface area contributed by atoms with E-state index in [1.807, 2.05) is 43.3 Å². The highest BCUT2D eigenvalue weighted by Gasteiger charge is 2.05. The summed E-state index contributed by atoms with van der Waals surface area (Å²) in [4.78, 5) is 16.7. The Hall–Kier alpha value is -1.81. The molecule has 0 heterocycles. The van der Waals surface area contributed by atoms with E-state index in [0.29, 0.717) is 31.2 Å². The molecule has 0 saturated carbocycles. The lowest BCUT2D eigenvalue weighted by molar-refractivity contribution is 0.0954. The standard InChI is InChI=1S/C20H25BrN4O2.HI/c1-3-22-20(25-14-16-7-4-5-10-18(16)27-2)24-12-11-23-19(26)15-8-6-9-17(21)13-15;/h4-10,13H,3,11-12,14H2,1-2H3,(H,23,26)(H2,22,24,25);1H. The smallest absolute Gasteiger partial charge is 0.251 e. The third-order valence-electron chi connectivity index (χ3n) is 3.73. The zero-order chi connectivity index (χ0) is 19.5. The van der Waals surface area contributed by atoms with Crippen molar-refractivity contribution in [3.63, 3.8) is 0 Å². The van der Waals surface area contributed by atoms with Crippen LogP contribution in [0.15, 0.2) is 58.0 Å². The van der Waals surface area contributed by atoms with Gasteiger partial charge in [0.2, 0.25) is 0 Å². The Balaban J connectivity index is 0.00000392. The fourth-order valence-corrected chi connectivity index (χ4v) is 2.83. The summed E-state index contributed by atoms with van der Waals surface area (Å²) in [6.07, 6.45) is 0. The van der Waals surface area contributed by atoms with Crippen LogP contribution in [0.4, 0.5) is 0 Å². The Morgan fingerprint density at radius 3 is 2.54 bits per heavy atom. The van der Waals surface area contributed by atoms with Gasteiger partial charge in [-0.05, 0) is 31.2 Å². The number of nitrogens with zero attached hydrogens (tertiary/aromatic N) is 1. The van der Waals surface area contributed by atoms with Gasteiger partial charge in [0.25, 0.3) is 5.91 Å². The average molecular weight is 561 g/mol. The first kappa shape index (κ1) is 24.2. The van der Waals surface area contributed by atoms with Crippen LogP contribution >= 0.6 is 39.9 Å². The first-order chi connectivity index (χ1) is 13.1. The second-order valence-corrected chi connectivity index (χ2v) is 6.62. The van der Waals surface area contributed by atoms with Crippen molar-refractivity contribution < 1.29 is 9.53 Å². The van der Waals surface area contributed by atoms with Gasteiger partial charge in [-0.3, -0.25) is 4.79 Å². The topological polar surface area (TPSA) is 74.8 Å². The number of methoxy groups -OCH3 is 1. The third-order valence-corrected chi connectivity index (χ3v) is 4.23. The largest absolute Gasteiger partial charge is 0.496 e. The van der Waals surface area contributed by atoms with Gasteiger partial charge in [0, 0.05) is 35.2 Å². The van der Waals surface area contributed by atoms with Gasteiger partial charge >= 0.3 is 0 Å². The lowest BCUT2D eigenvalue weighted by Crippen LogP contribution is -2.41. The molecule has 0 unspecified atom stereocenters. The molecule has 6 nitrogen and oxygen atoms in total. The molecular formula is C20H26BrIN4O2. The first-order valence-corrected chi connectivity index (χ1v) is 9.61.